The molecule has 0 atom stereocenters. The predicted molar refractivity (Wildman–Crippen MR) is 111 cm³/mol. The molecule has 0 radical (unpaired) electrons. The van der Waals surface area contributed by atoms with Crippen LogP contribution in [0.1, 0.15) is 51.6 Å². The Morgan fingerprint density at radius 2 is 1.79 bits per heavy atom. The van der Waals surface area contributed by atoms with Gasteiger partial charge in [-0.1, -0.05) is 25.1 Å². The molecule has 1 saturated heterocycles. The second-order valence-electron chi connectivity index (χ2n) is 7.58. The van der Waals surface area contributed by atoms with E-state index in [9.17, 15) is 9.59 Å². The monoisotopic (exact) mass is 380 g/mol. The van der Waals surface area contributed by atoms with Crippen LogP contribution in [0.2, 0.25) is 0 Å². The quantitative estimate of drug-likeness (QED) is 0.787. The highest BCUT2D eigenvalue weighted by Gasteiger charge is 2.17. The molecule has 0 bridgehead atoms. The summed E-state index contributed by atoms with van der Waals surface area (Å²) < 4.78 is 4.79. The van der Waals surface area contributed by atoms with Crippen molar-refractivity contribution in [1.29, 1.82) is 0 Å². The van der Waals surface area contributed by atoms with E-state index in [1.165, 1.54) is 25.5 Å². The number of likely N-dealkylation sites (tertiary alicyclic amines) is 1. The van der Waals surface area contributed by atoms with Crippen molar-refractivity contribution in [3.63, 3.8) is 0 Å². The molecule has 0 saturated carbocycles. The van der Waals surface area contributed by atoms with Crippen molar-refractivity contribution < 1.29 is 14.3 Å². The lowest BCUT2D eigenvalue weighted by Gasteiger charge is -2.30. The van der Waals surface area contributed by atoms with Crippen LogP contribution < -0.4 is 5.32 Å². The largest absolute Gasteiger partial charge is 0.465 e. The van der Waals surface area contributed by atoms with Crippen molar-refractivity contribution >= 4 is 17.6 Å². The van der Waals surface area contributed by atoms with Crippen molar-refractivity contribution in [2.45, 2.75) is 33.2 Å². The first kappa shape index (κ1) is 20.1. The molecule has 5 heteroatoms. The van der Waals surface area contributed by atoms with Crippen molar-refractivity contribution in [2.75, 3.05) is 25.5 Å². The lowest BCUT2D eigenvalue weighted by Crippen LogP contribution is -2.32. The minimum atomic E-state index is -0.412. The van der Waals surface area contributed by atoms with E-state index < -0.39 is 5.97 Å². The van der Waals surface area contributed by atoms with E-state index in [1.807, 2.05) is 24.3 Å². The summed E-state index contributed by atoms with van der Waals surface area (Å²) in [7, 11) is 1.35. The Bertz CT molecular complexity index is 837. The average molecular weight is 380 g/mol. The van der Waals surface area contributed by atoms with E-state index in [4.69, 9.17) is 4.74 Å². The number of hydrogen-bond donors (Lipinski definition) is 1. The molecule has 1 aliphatic rings. The van der Waals surface area contributed by atoms with Gasteiger partial charge in [-0.05, 0) is 74.2 Å². The van der Waals surface area contributed by atoms with Crippen LogP contribution in [-0.2, 0) is 11.3 Å². The Kier molecular flexibility index (Phi) is 6.47. The Morgan fingerprint density at radius 3 is 2.43 bits per heavy atom. The number of methoxy groups -OCH3 is 1. The summed E-state index contributed by atoms with van der Waals surface area (Å²) in [5.74, 6) is 0.219. The van der Waals surface area contributed by atoms with Gasteiger partial charge in [-0.2, -0.15) is 0 Å². The molecule has 2 aromatic carbocycles. The fourth-order valence-corrected chi connectivity index (χ4v) is 3.54. The molecule has 0 aromatic heterocycles. The zero-order valence-electron chi connectivity index (χ0n) is 16.8. The number of ether oxygens (including phenoxy) is 1. The Morgan fingerprint density at radius 1 is 1.11 bits per heavy atom. The first-order valence-corrected chi connectivity index (χ1v) is 9.78. The zero-order chi connectivity index (χ0) is 20.1. The number of nitrogens with zero attached hydrogens (tertiary/aromatic N) is 1. The molecule has 2 aromatic rings. The van der Waals surface area contributed by atoms with E-state index >= 15 is 0 Å². The fraction of sp³-hybridized carbons (Fsp3) is 0.391. The third kappa shape index (κ3) is 4.78. The van der Waals surface area contributed by atoms with Crippen LogP contribution in [0, 0.1) is 12.8 Å². The SMILES string of the molecule is COC(=O)c1cccc(NC(=O)c2ccc(CN3CCC(C)CC3)cc2)c1C. The van der Waals surface area contributed by atoms with Crippen molar-refractivity contribution in [3.8, 4) is 0 Å². The van der Waals surface area contributed by atoms with Gasteiger partial charge in [-0.3, -0.25) is 9.69 Å². The maximum atomic E-state index is 12.6. The van der Waals surface area contributed by atoms with E-state index in [1.54, 1.807) is 25.1 Å². The highest BCUT2D eigenvalue weighted by atomic mass is 16.5. The van der Waals surface area contributed by atoms with Crippen LogP contribution in [0.3, 0.4) is 0 Å². The van der Waals surface area contributed by atoms with Crippen LogP contribution in [-0.4, -0.2) is 37.0 Å². The number of carbonyl (C=O) groups is 2. The molecular formula is C23H28N2O3. The molecule has 0 unspecified atom stereocenters. The van der Waals surface area contributed by atoms with E-state index in [0.29, 0.717) is 22.4 Å². The summed E-state index contributed by atoms with van der Waals surface area (Å²) in [6, 6.07) is 13.0. The smallest absolute Gasteiger partial charge is 0.338 e. The van der Waals surface area contributed by atoms with Gasteiger partial charge in [0.25, 0.3) is 5.91 Å². The van der Waals surface area contributed by atoms with Crippen molar-refractivity contribution in [2.24, 2.45) is 5.92 Å². The van der Waals surface area contributed by atoms with Crippen LogP contribution in [0.15, 0.2) is 42.5 Å². The molecule has 148 valence electrons. The maximum absolute atomic E-state index is 12.6. The maximum Gasteiger partial charge on any atom is 0.338 e. The Hall–Kier alpha value is -2.66. The van der Waals surface area contributed by atoms with E-state index in [-0.39, 0.29) is 5.91 Å². The fourth-order valence-electron chi connectivity index (χ4n) is 3.54. The predicted octanol–water partition coefficient (Wildman–Crippen LogP) is 4.27. The molecule has 0 aliphatic carbocycles. The summed E-state index contributed by atoms with van der Waals surface area (Å²) in [4.78, 5) is 26.9. The summed E-state index contributed by atoms with van der Waals surface area (Å²) in [5, 5.41) is 2.89. The van der Waals surface area contributed by atoms with E-state index in [0.717, 1.165) is 25.6 Å². The average Bonchev–Trinajstić information content (AvgIpc) is 2.71. The normalized spacial score (nSPS) is 15.2. The van der Waals surface area contributed by atoms with Gasteiger partial charge in [0, 0.05) is 17.8 Å². The minimum absolute atomic E-state index is 0.191. The van der Waals surface area contributed by atoms with Crippen LogP contribution in [0.4, 0.5) is 5.69 Å². The third-order valence-corrected chi connectivity index (χ3v) is 5.49. The number of esters is 1. The lowest BCUT2D eigenvalue weighted by molar-refractivity contribution is 0.0599. The van der Waals surface area contributed by atoms with Crippen LogP contribution in [0.25, 0.3) is 0 Å². The summed E-state index contributed by atoms with van der Waals surface area (Å²) in [6.07, 6.45) is 2.51. The van der Waals surface area contributed by atoms with Crippen molar-refractivity contribution in [1.82, 2.24) is 4.90 Å². The minimum Gasteiger partial charge on any atom is -0.465 e. The number of hydrogen-bond acceptors (Lipinski definition) is 4. The number of nitrogens with one attached hydrogen (secondary N) is 1. The molecule has 1 aliphatic heterocycles. The number of amides is 1. The standard InChI is InChI=1S/C23H28N2O3/c1-16-11-13-25(14-12-16)15-18-7-9-19(10-8-18)22(26)24-21-6-4-5-20(17(21)2)23(27)28-3/h4-10,16H,11-15H2,1-3H3,(H,24,26). The van der Waals surface area contributed by atoms with Gasteiger partial charge in [0.15, 0.2) is 0 Å². The van der Waals surface area contributed by atoms with Gasteiger partial charge in [0.2, 0.25) is 0 Å². The first-order chi connectivity index (χ1) is 13.5. The topological polar surface area (TPSA) is 58.6 Å². The highest BCUT2D eigenvalue weighted by molar-refractivity contribution is 6.05. The summed E-state index contributed by atoms with van der Waals surface area (Å²) in [6.45, 7) is 7.31. The van der Waals surface area contributed by atoms with Crippen LogP contribution >= 0.6 is 0 Å². The number of anilines is 1. The van der Waals surface area contributed by atoms with Gasteiger partial charge < -0.3 is 10.1 Å². The zero-order valence-corrected chi connectivity index (χ0v) is 16.8. The number of piperidine rings is 1. The molecule has 1 fully saturated rings. The number of benzene rings is 2. The second-order valence-corrected chi connectivity index (χ2v) is 7.58. The van der Waals surface area contributed by atoms with Crippen LogP contribution in [0.5, 0.6) is 0 Å². The molecule has 5 nitrogen and oxygen atoms in total. The summed E-state index contributed by atoms with van der Waals surface area (Å²) in [5.41, 5.74) is 3.57. The van der Waals surface area contributed by atoms with Gasteiger partial charge in [0.05, 0.1) is 12.7 Å². The van der Waals surface area contributed by atoms with Gasteiger partial charge in [-0.15, -0.1) is 0 Å². The van der Waals surface area contributed by atoms with Crippen molar-refractivity contribution in [3.05, 3.63) is 64.7 Å². The first-order valence-electron chi connectivity index (χ1n) is 9.78. The van der Waals surface area contributed by atoms with Gasteiger partial charge >= 0.3 is 5.97 Å². The molecule has 0 spiro atoms. The second kappa shape index (κ2) is 9.02. The molecule has 1 heterocycles. The summed E-state index contributed by atoms with van der Waals surface area (Å²) >= 11 is 0. The number of rotatable bonds is 5. The number of carbonyl (C=O) groups excluding carboxylic acids is 2. The Labute approximate surface area is 166 Å². The molecule has 1 amide bonds. The van der Waals surface area contributed by atoms with Gasteiger partial charge in [-0.25, -0.2) is 4.79 Å². The molecular weight excluding hydrogens is 352 g/mol. The molecule has 3 rings (SSSR count). The highest BCUT2D eigenvalue weighted by Crippen LogP contribution is 2.21. The van der Waals surface area contributed by atoms with E-state index in [2.05, 4.69) is 17.1 Å². The lowest BCUT2D eigenvalue weighted by atomic mass is 9.99. The molecule has 28 heavy (non-hydrogen) atoms. The van der Waals surface area contributed by atoms with Gasteiger partial charge in [0.1, 0.15) is 0 Å². The third-order valence-electron chi connectivity index (χ3n) is 5.49. The molecule has 1 N–H and O–H groups in total. The Balaban J connectivity index is 1.64.